The number of fused-ring (bicyclic) bond motifs is 1. The number of anilines is 1. The van der Waals surface area contributed by atoms with Gasteiger partial charge in [-0.3, -0.25) is 5.32 Å². The van der Waals surface area contributed by atoms with Crippen molar-refractivity contribution in [2.75, 3.05) is 11.9 Å². The summed E-state index contributed by atoms with van der Waals surface area (Å²) in [5, 5.41) is 11.3. The van der Waals surface area contributed by atoms with E-state index in [0.29, 0.717) is 11.0 Å². The van der Waals surface area contributed by atoms with Crippen LogP contribution < -0.4 is 5.32 Å². The second kappa shape index (κ2) is 5.21. The fourth-order valence-corrected chi connectivity index (χ4v) is 1.47. The number of hydrogen-bond acceptors (Lipinski definition) is 4. The minimum atomic E-state index is -1.03. The van der Waals surface area contributed by atoms with Crippen LogP contribution in [0.25, 0.3) is 11.0 Å². The second-order valence-corrected chi connectivity index (χ2v) is 3.63. The van der Waals surface area contributed by atoms with Crippen molar-refractivity contribution in [2.45, 2.75) is 0 Å². The number of aromatic amines is 1. The van der Waals surface area contributed by atoms with Crippen molar-refractivity contribution in [3.63, 3.8) is 0 Å². The maximum atomic E-state index is 11.3. The highest BCUT2D eigenvalue weighted by atomic mass is 16.5. The molecule has 0 spiro atoms. The van der Waals surface area contributed by atoms with E-state index in [0.717, 1.165) is 0 Å². The lowest BCUT2D eigenvalue weighted by Gasteiger charge is -2.00. The maximum Gasteiger partial charge on any atom is 0.414 e. The van der Waals surface area contributed by atoms with Gasteiger partial charge < -0.3 is 14.8 Å². The molecule has 0 saturated carbocycles. The third-order valence-electron chi connectivity index (χ3n) is 2.28. The summed E-state index contributed by atoms with van der Waals surface area (Å²) in [5.41, 5.74) is 1.19. The number of rotatable bonds is 4. The molecule has 0 bridgehead atoms. The van der Waals surface area contributed by atoms with Crippen LogP contribution in [0.2, 0.25) is 0 Å². The van der Waals surface area contributed by atoms with Crippen LogP contribution in [0.3, 0.4) is 0 Å². The van der Waals surface area contributed by atoms with E-state index in [2.05, 4.69) is 21.9 Å². The van der Waals surface area contributed by atoms with Gasteiger partial charge in [0.25, 0.3) is 0 Å². The minimum Gasteiger partial charge on any atom is -0.478 e. The first-order chi connectivity index (χ1) is 9.10. The Balaban J connectivity index is 2.19. The van der Waals surface area contributed by atoms with Gasteiger partial charge in [0.1, 0.15) is 6.61 Å². The predicted molar refractivity (Wildman–Crippen MR) is 68.2 cm³/mol. The van der Waals surface area contributed by atoms with Crippen molar-refractivity contribution in [1.82, 2.24) is 9.97 Å². The smallest absolute Gasteiger partial charge is 0.414 e. The number of carbonyl (C=O) groups excluding carboxylic acids is 1. The molecule has 19 heavy (non-hydrogen) atoms. The monoisotopic (exact) mass is 261 g/mol. The molecule has 1 aromatic carbocycles. The number of carboxylic acid groups (broad SMARTS) is 1. The Bertz CT molecular complexity index is 647. The zero-order valence-electron chi connectivity index (χ0n) is 9.84. The molecule has 0 atom stereocenters. The Morgan fingerprint density at radius 3 is 3.00 bits per heavy atom. The molecule has 1 amide bonds. The standard InChI is InChI=1S/C12H11N3O4/c1-2-5-19-12(18)15-11-13-8-4-3-7(10(16)17)6-9(8)14-11/h2-4,6H,1,5H2,(H,16,17)(H2,13,14,15,18). The fraction of sp³-hybridized carbons (Fsp3) is 0.0833. The maximum absolute atomic E-state index is 11.3. The molecule has 0 fully saturated rings. The normalized spacial score (nSPS) is 10.1. The van der Waals surface area contributed by atoms with Crippen molar-refractivity contribution in [3.8, 4) is 0 Å². The highest BCUT2D eigenvalue weighted by molar-refractivity contribution is 5.93. The van der Waals surface area contributed by atoms with Gasteiger partial charge in [-0.05, 0) is 18.2 Å². The van der Waals surface area contributed by atoms with Crippen LogP contribution in [0.15, 0.2) is 30.9 Å². The van der Waals surface area contributed by atoms with Gasteiger partial charge in [0.2, 0.25) is 5.95 Å². The summed E-state index contributed by atoms with van der Waals surface area (Å²) in [6, 6.07) is 4.42. The van der Waals surface area contributed by atoms with E-state index >= 15 is 0 Å². The van der Waals surface area contributed by atoms with Crippen LogP contribution >= 0.6 is 0 Å². The van der Waals surface area contributed by atoms with Gasteiger partial charge in [-0.15, -0.1) is 0 Å². The number of imidazole rings is 1. The number of nitrogens with zero attached hydrogens (tertiary/aromatic N) is 1. The molecule has 0 unspecified atom stereocenters. The SMILES string of the molecule is C=CCOC(=O)Nc1nc2ccc(C(=O)O)cc2[nH]1. The Labute approximate surface area is 107 Å². The molecule has 1 heterocycles. The average molecular weight is 261 g/mol. The number of benzene rings is 1. The number of ether oxygens (including phenoxy) is 1. The van der Waals surface area contributed by atoms with Gasteiger partial charge in [0, 0.05) is 0 Å². The van der Waals surface area contributed by atoms with Crippen molar-refractivity contribution >= 4 is 29.0 Å². The van der Waals surface area contributed by atoms with Gasteiger partial charge in [0.05, 0.1) is 16.6 Å². The van der Waals surface area contributed by atoms with E-state index in [4.69, 9.17) is 9.84 Å². The molecule has 1 aromatic heterocycles. The summed E-state index contributed by atoms with van der Waals surface area (Å²) in [4.78, 5) is 29.0. The zero-order chi connectivity index (χ0) is 13.8. The van der Waals surface area contributed by atoms with E-state index in [9.17, 15) is 9.59 Å². The minimum absolute atomic E-state index is 0.0925. The Morgan fingerprint density at radius 1 is 1.53 bits per heavy atom. The van der Waals surface area contributed by atoms with E-state index in [1.807, 2.05) is 0 Å². The van der Waals surface area contributed by atoms with Crippen LogP contribution in [0.1, 0.15) is 10.4 Å². The van der Waals surface area contributed by atoms with E-state index in [1.54, 1.807) is 6.07 Å². The fourth-order valence-electron chi connectivity index (χ4n) is 1.47. The summed E-state index contributed by atoms with van der Waals surface area (Å²) < 4.78 is 4.73. The third kappa shape index (κ3) is 2.89. The second-order valence-electron chi connectivity index (χ2n) is 3.63. The highest BCUT2D eigenvalue weighted by Gasteiger charge is 2.09. The van der Waals surface area contributed by atoms with Crippen molar-refractivity contribution in [2.24, 2.45) is 0 Å². The zero-order valence-corrected chi connectivity index (χ0v) is 9.84. The number of H-pyrrole nitrogens is 1. The number of aromatic carboxylic acids is 1. The molecular formula is C12H11N3O4. The highest BCUT2D eigenvalue weighted by Crippen LogP contribution is 2.16. The molecule has 0 aliphatic heterocycles. The number of nitrogens with one attached hydrogen (secondary N) is 2. The van der Waals surface area contributed by atoms with Crippen LogP contribution in [0.5, 0.6) is 0 Å². The third-order valence-corrected chi connectivity index (χ3v) is 2.28. The molecule has 7 nitrogen and oxygen atoms in total. The van der Waals surface area contributed by atoms with E-state index < -0.39 is 12.1 Å². The molecule has 7 heteroatoms. The van der Waals surface area contributed by atoms with Crippen LogP contribution in [0.4, 0.5) is 10.7 Å². The summed E-state index contributed by atoms with van der Waals surface area (Å²) in [7, 11) is 0. The Kier molecular flexibility index (Phi) is 3.46. The molecule has 98 valence electrons. The largest absolute Gasteiger partial charge is 0.478 e. The van der Waals surface area contributed by atoms with Crippen molar-refractivity contribution in [3.05, 3.63) is 36.4 Å². The molecule has 3 N–H and O–H groups in total. The summed E-state index contributed by atoms with van der Waals surface area (Å²) in [6.45, 7) is 3.51. The summed E-state index contributed by atoms with van der Waals surface area (Å²) >= 11 is 0. The lowest BCUT2D eigenvalue weighted by atomic mass is 10.2. The number of amides is 1. The summed E-state index contributed by atoms with van der Waals surface area (Å²) in [6.07, 6.45) is 0.773. The Morgan fingerprint density at radius 2 is 2.32 bits per heavy atom. The quantitative estimate of drug-likeness (QED) is 0.730. The molecule has 0 saturated heterocycles. The first kappa shape index (κ1) is 12.6. The van der Waals surface area contributed by atoms with E-state index in [1.165, 1.54) is 18.2 Å². The van der Waals surface area contributed by atoms with Crippen LogP contribution in [0, 0.1) is 0 Å². The van der Waals surface area contributed by atoms with Gasteiger partial charge >= 0.3 is 12.1 Å². The molecule has 0 radical (unpaired) electrons. The topological polar surface area (TPSA) is 104 Å². The number of hydrogen-bond donors (Lipinski definition) is 3. The number of carboxylic acids is 1. The van der Waals surface area contributed by atoms with Crippen molar-refractivity contribution in [1.29, 1.82) is 0 Å². The average Bonchev–Trinajstić information content (AvgIpc) is 2.77. The van der Waals surface area contributed by atoms with Crippen molar-refractivity contribution < 1.29 is 19.4 Å². The number of aromatic nitrogens is 2. The van der Waals surface area contributed by atoms with Gasteiger partial charge in [-0.2, -0.15) is 0 Å². The van der Waals surface area contributed by atoms with Gasteiger partial charge in [-0.1, -0.05) is 12.7 Å². The molecule has 2 aromatic rings. The van der Waals surface area contributed by atoms with E-state index in [-0.39, 0.29) is 18.1 Å². The van der Waals surface area contributed by atoms with Crippen LogP contribution in [-0.2, 0) is 4.74 Å². The lowest BCUT2D eigenvalue weighted by molar-refractivity contribution is 0.0697. The number of carbonyl (C=O) groups is 2. The first-order valence-corrected chi connectivity index (χ1v) is 5.38. The summed E-state index contributed by atoms with van der Waals surface area (Å²) in [5.74, 6) is -0.844. The molecule has 0 aliphatic carbocycles. The Hall–Kier alpha value is -2.83. The lowest BCUT2D eigenvalue weighted by Crippen LogP contribution is -2.14. The molecule has 0 aliphatic rings. The molecule has 2 rings (SSSR count). The predicted octanol–water partition coefficient (Wildman–Crippen LogP) is 2.00. The van der Waals surface area contributed by atoms with Gasteiger partial charge in [-0.25, -0.2) is 14.6 Å². The van der Waals surface area contributed by atoms with Crippen LogP contribution in [-0.4, -0.2) is 33.7 Å². The van der Waals surface area contributed by atoms with Gasteiger partial charge in [0.15, 0.2) is 0 Å². The molecular weight excluding hydrogens is 250 g/mol. The first-order valence-electron chi connectivity index (χ1n) is 5.38.